The van der Waals surface area contributed by atoms with Gasteiger partial charge in [0.15, 0.2) is 0 Å². The molecular weight excluding hydrogens is 382 g/mol. The molecule has 1 heterocycles. The van der Waals surface area contributed by atoms with Crippen LogP contribution < -0.4 is 5.32 Å². The van der Waals surface area contributed by atoms with Gasteiger partial charge in [-0.3, -0.25) is 4.79 Å². The number of aromatic nitrogens is 2. The van der Waals surface area contributed by atoms with Crippen molar-refractivity contribution in [2.45, 2.75) is 45.2 Å². The van der Waals surface area contributed by atoms with Crippen molar-refractivity contribution in [2.75, 3.05) is 0 Å². The summed E-state index contributed by atoms with van der Waals surface area (Å²) >= 11 is 0. The maximum atomic E-state index is 12.6. The van der Waals surface area contributed by atoms with Crippen LogP contribution in [-0.4, -0.2) is 15.5 Å². The number of carbonyl (C=O) groups is 1. The first kappa shape index (κ1) is 20.9. The lowest BCUT2D eigenvalue weighted by Gasteiger charge is -2.16. The average Bonchev–Trinajstić information content (AvgIpc) is 3.18. The molecule has 0 aliphatic heterocycles. The van der Waals surface area contributed by atoms with Crippen molar-refractivity contribution >= 4 is 16.9 Å². The van der Waals surface area contributed by atoms with E-state index in [1.807, 2.05) is 49.4 Å². The first-order valence-corrected chi connectivity index (χ1v) is 11.0. The largest absolute Gasteiger partial charge is 0.346 e. The summed E-state index contributed by atoms with van der Waals surface area (Å²) in [5.74, 6) is 0.974. The van der Waals surface area contributed by atoms with Crippen molar-refractivity contribution in [3.63, 3.8) is 0 Å². The minimum absolute atomic E-state index is 0.0549. The molecule has 4 rings (SSSR count). The Hall–Kier alpha value is -3.40. The molecule has 1 atom stereocenters. The van der Waals surface area contributed by atoms with E-state index >= 15 is 0 Å². The Morgan fingerprint density at radius 2 is 1.48 bits per heavy atom. The number of benzene rings is 3. The van der Waals surface area contributed by atoms with Crippen LogP contribution >= 0.6 is 0 Å². The molecule has 31 heavy (non-hydrogen) atoms. The van der Waals surface area contributed by atoms with Gasteiger partial charge in [0.1, 0.15) is 5.82 Å². The fraction of sp³-hybridized carbons (Fsp3) is 0.259. The van der Waals surface area contributed by atoms with E-state index in [-0.39, 0.29) is 11.9 Å². The predicted octanol–water partition coefficient (Wildman–Crippen LogP) is 5.48. The van der Waals surface area contributed by atoms with Gasteiger partial charge in [0, 0.05) is 13.0 Å². The van der Waals surface area contributed by atoms with Crippen molar-refractivity contribution in [2.24, 2.45) is 0 Å². The monoisotopic (exact) mass is 411 g/mol. The summed E-state index contributed by atoms with van der Waals surface area (Å²) in [7, 11) is 0. The zero-order chi connectivity index (χ0) is 21.5. The Morgan fingerprint density at radius 1 is 0.871 bits per heavy atom. The Balaban J connectivity index is 1.44. The third-order valence-electron chi connectivity index (χ3n) is 5.62. The number of hydrogen-bond acceptors (Lipinski definition) is 2. The lowest BCUT2D eigenvalue weighted by atomic mass is 10.1. The fourth-order valence-electron chi connectivity index (χ4n) is 4.03. The van der Waals surface area contributed by atoms with Crippen LogP contribution in [0.15, 0.2) is 84.9 Å². The standard InChI is InChI=1S/C27H29N3O/c1-21(28-26(31)19-18-23-13-6-3-7-14-23)27-29-24-16-8-9-17-25(24)30(27)20-10-15-22-11-4-2-5-12-22/h2-9,11-14,16-17,21H,10,15,18-20H2,1H3,(H,28,31). The van der Waals surface area contributed by atoms with E-state index in [0.717, 1.165) is 42.7 Å². The van der Waals surface area contributed by atoms with Crippen LogP contribution in [0.5, 0.6) is 0 Å². The molecule has 158 valence electrons. The van der Waals surface area contributed by atoms with Crippen molar-refractivity contribution < 1.29 is 4.79 Å². The molecule has 1 amide bonds. The van der Waals surface area contributed by atoms with Gasteiger partial charge in [-0.25, -0.2) is 4.98 Å². The number of rotatable bonds is 9. The number of fused-ring (bicyclic) bond motifs is 1. The topological polar surface area (TPSA) is 46.9 Å². The molecule has 0 saturated carbocycles. The summed E-state index contributed by atoms with van der Waals surface area (Å²) in [6.45, 7) is 2.89. The van der Waals surface area contributed by atoms with E-state index in [1.165, 1.54) is 11.1 Å². The minimum Gasteiger partial charge on any atom is -0.346 e. The highest BCUT2D eigenvalue weighted by atomic mass is 16.1. The average molecular weight is 412 g/mol. The van der Waals surface area contributed by atoms with Crippen LogP contribution in [0.3, 0.4) is 0 Å². The SMILES string of the molecule is CC(NC(=O)CCc1ccccc1)c1nc2ccccc2n1CCCc1ccccc1. The molecule has 1 unspecified atom stereocenters. The normalized spacial score (nSPS) is 12.0. The van der Waals surface area contributed by atoms with Gasteiger partial charge in [0.2, 0.25) is 5.91 Å². The Morgan fingerprint density at radius 3 is 2.19 bits per heavy atom. The molecule has 0 fully saturated rings. The Bertz CT molecular complexity index is 1120. The second-order valence-electron chi connectivity index (χ2n) is 7.97. The van der Waals surface area contributed by atoms with Gasteiger partial charge in [0.25, 0.3) is 0 Å². The highest BCUT2D eigenvalue weighted by Gasteiger charge is 2.18. The van der Waals surface area contributed by atoms with Crippen LogP contribution in [-0.2, 0) is 24.2 Å². The summed E-state index contributed by atoms with van der Waals surface area (Å²) < 4.78 is 2.26. The van der Waals surface area contributed by atoms with E-state index in [4.69, 9.17) is 4.98 Å². The van der Waals surface area contributed by atoms with Crippen molar-refractivity contribution in [3.8, 4) is 0 Å². The molecule has 0 aliphatic rings. The summed E-state index contributed by atoms with van der Waals surface area (Å²) in [5, 5.41) is 3.15. The smallest absolute Gasteiger partial charge is 0.220 e. The minimum atomic E-state index is -0.146. The quantitative estimate of drug-likeness (QED) is 0.396. The summed E-state index contributed by atoms with van der Waals surface area (Å²) in [5.41, 5.74) is 4.62. The van der Waals surface area contributed by atoms with Gasteiger partial charge < -0.3 is 9.88 Å². The van der Waals surface area contributed by atoms with Crippen molar-refractivity contribution in [3.05, 3.63) is 102 Å². The van der Waals surface area contributed by atoms with Crippen LogP contribution in [0.1, 0.15) is 42.8 Å². The van der Waals surface area contributed by atoms with Crippen LogP contribution in [0.4, 0.5) is 0 Å². The molecule has 1 N–H and O–H groups in total. The van der Waals surface area contributed by atoms with Gasteiger partial charge >= 0.3 is 0 Å². The number of amides is 1. The first-order chi connectivity index (χ1) is 15.2. The Labute approximate surface area is 183 Å². The van der Waals surface area contributed by atoms with E-state index in [9.17, 15) is 4.79 Å². The van der Waals surface area contributed by atoms with Gasteiger partial charge in [-0.15, -0.1) is 0 Å². The molecule has 4 heteroatoms. The van der Waals surface area contributed by atoms with Crippen molar-refractivity contribution in [1.82, 2.24) is 14.9 Å². The molecule has 0 radical (unpaired) electrons. The molecule has 4 aromatic rings. The molecule has 3 aromatic carbocycles. The number of hydrogen-bond donors (Lipinski definition) is 1. The third-order valence-corrected chi connectivity index (χ3v) is 5.62. The highest BCUT2D eigenvalue weighted by Crippen LogP contribution is 2.22. The van der Waals surface area contributed by atoms with E-state index in [1.54, 1.807) is 0 Å². The zero-order valence-electron chi connectivity index (χ0n) is 18.0. The van der Waals surface area contributed by atoms with E-state index < -0.39 is 0 Å². The molecule has 0 spiro atoms. The van der Waals surface area contributed by atoms with Gasteiger partial charge in [-0.05, 0) is 49.4 Å². The molecule has 1 aromatic heterocycles. The summed E-state index contributed by atoms with van der Waals surface area (Å²) in [4.78, 5) is 17.4. The Kier molecular flexibility index (Phi) is 6.78. The van der Waals surface area contributed by atoms with Crippen LogP contribution in [0.25, 0.3) is 11.0 Å². The number of carbonyl (C=O) groups excluding carboxylic acids is 1. The summed E-state index contributed by atoms with van der Waals surface area (Å²) in [6, 6.07) is 28.7. The number of nitrogens with zero attached hydrogens (tertiary/aromatic N) is 2. The first-order valence-electron chi connectivity index (χ1n) is 11.0. The molecule has 0 saturated heterocycles. The maximum Gasteiger partial charge on any atom is 0.220 e. The van der Waals surface area contributed by atoms with Crippen LogP contribution in [0.2, 0.25) is 0 Å². The summed E-state index contributed by atoms with van der Waals surface area (Å²) in [6.07, 6.45) is 3.26. The predicted molar refractivity (Wildman–Crippen MR) is 126 cm³/mol. The lowest BCUT2D eigenvalue weighted by Crippen LogP contribution is -2.29. The second kappa shape index (κ2) is 10.1. The number of aryl methyl sites for hydroxylation is 3. The van der Waals surface area contributed by atoms with Gasteiger partial charge in [-0.2, -0.15) is 0 Å². The number of imidazole rings is 1. The third kappa shape index (κ3) is 5.40. The fourth-order valence-corrected chi connectivity index (χ4v) is 4.03. The molecule has 4 nitrogen and oxygen atoms in total. The number of para-hydroxylation sites is 2. The van der Waals surface area contributed by atoms with Crippen molar-refractivity contribution in [1.29, 1.82) is 0 Å². The highest BCUT2D eigenvalue weighted by molar-refractivity contribution is 5.78. The second-order valence-corrected chi connectivity index (χ2v) is 7.97. The molecular formula is C27H29N3O. The number of nitrogens with one attached hydrogen (secondary N) is 1. The zero-order valence-corrected chi connectivity index (χ0v) is 18.0. The van der Waals surface area contributed by atoms with E-state index in [0.29, 0.717) is 6.42 Å². The molecule has 0 aliphatic carbocycles. The van der Waals surface area contributed by atoms with E-state index in [2.05, 4.69) is 52.3 Å². The molecule has 0 bridgehead atoms. The van der Waals surface area contributed by atoms with Gasteiger partial charge in [0.05, 0.1) is 17.1 Å². The van der Waals surface area contributed by atoms with Gasteiger partial charge in [-0.1, -0.05) is 72.8 Å². The van der Waals surface area contributed by atoms with Crippen LogP contribution in [0, 0.1) is 0 Å². The lowest BCUT2D eigenvalue weighted by molar-refractivity contribution is -0.121. The maximum absolute atomic E-state index is 12.6.